The lowest BCUT2D eigenvalue weighted by Gasteiger charge is -2.07. The molecule has 0 amide bonds. The summed E-state index contributed by atoms with van der Waals surface area (Å²) in [7, 11) is 0. The third-order valence-electron chi connectivity index (χ3n) is 2.28. The monoisotopic (exact) mass is 220 g/mol. The van der Waals surface area contributed by atoms with Crippen molar-refractivity contribution in [2.75, 3.05) is 12.3 Å². The minimum absolute atomic E-state index is 0.297. The van der Waals surface area contributed by atoms with Gasteiger partial charge in [-0.1, -0.05) is 29.4 Å². The van der Waals surface area contributed by atoms with Gasteiger partial charge in [-0.25, -0.2) is 0 Å². The van der Waals surface area contributed by atoms with Crippen LogP contribution in [-0.2, 0) is 0 Å². The highest BCUT2D eigenvalue weighted by Crippen LogP contribution is 2.23. The standard InChI is InChI=1S/C11H12N2O3/c12-11-5-10(16-13-11)8-3-1-7(2-4-8)9(15)6-14/h1-5,9,14-15H,6H2,(H2,12,13). The van der Waals surface area contributed by atoms with E-state index in [1.54, 1.807) is 30.3 Å². The number of nitrogens with zero attached hydrogens (tertiary/aromatic N) is 1. The van der Waals surface area contributed by atoms with E-state index in [1.165, 1.54) is 0 Å². The summed E-state index contributed by atoms with van der Waals surface area (Å²) in [4.78, 5) is 0. The molecule has 16 heavy (non-hydrogen) atoms. The highest BCUT2D eigenvalue weighted by atomic mass is 16.5. The molecule has 0 aliphatic heterocycles. The molecule has 0 spiro atoms. The van der Waals surface area contributed by atoms with Crippen LogP contribution in [-0.4, -0.2) is 22.0 Å². The van der Waals surface area contributed by atoms with Crippen LogP contribution in [0.2, 0.25) is 0 Å². The Balaban J connectivity index is 2.25. The largest absolute Gasteiger partial charge is 0.393 e. The van der Waals surface area contributed by atoms with Crippen molar-refractivity contribution in [1.82, 2.24) is 5.16 Å². The molecule has 2 aromatic rings. The topological polar surface area (TPSA) is 92.5 Å². The van der Waals surface area contributed by atoms with Crippen molar-refractivity contribution in [3.05, 3.63) is 35.9 Å². The first-order valence-corrected chi connectivity index (χ1v) is 4.82. The molecule has 0 bridgehead atoms. The third kappa shape index (κ3) is 2.05. The molecule has 1 aromatic heterocycles. The van der Waals surface area contributed by atoms with Crippen molar-refractivity contribution in [3.8, 4) is 11.3 Å². The van der Waals surface area contributed by atoms with Gasteiger partial charge in [-0.3, -0.25) is 0 Å². The fourth-order valence-electron chi connectivity index (χ4n) is 1.40. The van der Waals surface area contributed by atoms with E-state index in [1.807, 2.05) is 0 Å². The van der Waals surface area contributed by atoms with E-state index in [0.717, 1.165) is 5.56 Å². The van der Waals surface area contributed by atoms with Crippen molar-refractivity contribution < 1.29 is 14.7 Å². The van der Waals surface area contributed by atoms with Crippen molar-refractivity contribution in [1.29, 1.82) is 0 Å². The second kappa shape index (κ2) is 4.34. The number of nitrogens with two attached hydrogens (primary N) is 1. The average molecular weight is 220 g/mol. The molecule has 1 atom stereocenters. The van der Waals surface area contributed by atoms with Crippen LogP contribution in [0, 0.1) is 0 Å². The molecule has 1 heterocycles. The molecule has 0 aliphatic rings. The van der Waals surface area contributed by atoms with E-state index < -0.39 is 6.10 Å². The van der Waals surface area contributed by atoms with E-state index in [9.17, 15) is 5.11 Å². The summed E-state index contributed by atoms with van der Waals surface area (Å²) >= 11 is 0. The van der Waals surface area contributed by atoms with Crippen molar-refractivity contribution in [2.45, 2.75) is 6.10 Å². The summed E-state index contributed by atoms with van der Waals surface area (Å²) in [6, 6.07) is 8.60. The molecule has 5 nitrogen and oxygen atoms in total. The van der Waals surface area contributed by atoms with Crippen LogP contribution in [0.1, 0.15) is 11.7 Å². The molecule has 1 aromatic carbocycles. The van der Waals surface area contributed by atoms with Gasteiger partial charge in [-0.2, -0.15) is 0 Å². The van der Waals surface area contributed by atoms with E-state index in [-0.39, 0.29) is 6.61 Å². The second-order valence-electron chi connectivity index (χ2n) is 3.44. The molecule has 4 N–H and O–H groups in total. The van der Waals surface area contributed by atoms with E-state index in [4.69, 9.17) is 15.4 Å². The van der Waals surface area contributed by atoms with Crippen LogP contribution in [0.4, 0.5) is 5.82 Å². The number of aromatic nitrogens is 1. The van der Waals surface area contributed by atoms with Gasteiger partial charge in [0.05, 0.1) is 6.61 Å². The molecule has 0 saturated carbocycles. The minimum Gasteiger partial charge on any atom is -0.393 e. The van der Waals surface area contributed by atoms with Gasteiger partial charge >= 0.3 is 0 Å². The summed E-state index contributed by atoms with van der Waals surface area (Å²) in [6.07, 6.45) is -0.853. The number of nitrogen functional groups attached to an aromatic ring is 1. The number of aliphatic hydroxyl groups excluding tert-OH is 2. The van der Waals surface area contributed by atoms with E-state index >= 15 is 0 Å². The predicted molar refractivity (Wildman–Crippen MR) is 58.4 cm³/mol. The Hall–Kier alpha value is -1.85. The predicted octanol–water partition coefficient (Wildman–Crippen LogP) is 0.950. The molecule has 1 unspecified atom stereocenters. The summed E-state index contributed by atoms with van der Waals surface area (Å²) in [6.45, 7) is -0.297. The van der Waals surface area contributed by atoms with Gasteiger partial charge in [0.1, 0.15) is 6.10 Å². The zero-order valence-corrected chi connectivity index (χ0v) is 8.50. The molecule has 0 saturated heterocycles. The van der Waals surface area contributed by atoms with Crippen LogP contribution >= 0.6 is 0 Å². The Kier molecular flexibility index (Phi) is 2.89. The Morgan fingerprint density at radius 3 is 2.50 bits per heavy atom. The van der Waals surface area contributed by atoms with Crippen LogP contribution in [0.15, 0.2) is 34.9 Å². The van der Waals surface area contributed by atoms with Gasteiger partial charge in [0.15, 0.2) is 11.6 Å². The first-order chi connectivity index (χ1) is 7.70. The van der Waals surface area contributed by atoms with Crippen LogP contribution in [0.25, 0.3) is 11.3 Å². The molecular formula is C11H12N2O3. The fraction of sp³-hybridized carbons (Fsp3) is 0.182. The van der Waals surface area contributed by atoms with Crippen molar-refractivity contribution in [3.63, 3.8) is 0 Å². The normalized spacial score (nSPS) is 12.6. The lowest BCUT2D eigenvalue weighted by Crippen LogP contribution is -2.01. The van der Waals surface area contributed by atoms with Gasteiger partial charge < -0.3 is 20.5 Å². The highest BCUT2D eigenvalue weighted by Gasteiger charge is 2.08. The second-order valence-corrected chi connectivity index (χ2v) is 3.44. The Morgan fingerprint density at radius 2 is 2.00 bits per heavy atom. The Bertz CT molecular complexity index is 464. The molecule has 0 radical (unpaired) electrons. The van der Waals surface area contributed by atoms with Crippen LogP contribution < -0.4 is 5.73 Å². The van der Waals surface area contributed by atoms with Crippen LogP contribution in [0.3, 0.4) is 0 Å². The summed E-state index contributed by atoms with van der Waals surface area (Å²) < 4.78 is 4.99. The maximum atomic E-state index is 9.39. The first-order valence-electron chi connectivity index (χ1n) is 4.82. The van der Waals surface area contributed by atoms with E-state index in [0.29, 0.717) is 17.1 Å². The maximum absolute atomic E-state index is 9.39. The summed E-state index contributed by atoms with van der Waals surface area (Å²) in [5, 5.41) is 21.8. The Morgan fingerprint density at radius 1 is 1.31 bits per heavy atom. The molecule has 5 heteroatoms. The van der Waals surface area contributed by atoms with Gasteiger partial charge in [0.25, 0.3) is 0 Å². The third-order valence-corrected chi connectivity index (χ3v) is 2.28. The first kappa shape index (κ1) is 10.7. The minimum atomic E-state index is -0.853. The summed E-state index contributed by atoms with van der Waals surface area (Å²) in [5.74, 6) is 0.900. The van der Waals surface area contributed by atoms with Crippen molar-refractivity contribution >= 4 is 5.82 Å². The number of aliphatic hydroxyl groups is 2. The highest BCUT2D eigenvalue weighted by molar-refractivity contribution is 5.60. The number of anilines is 1. The maximum Gasteiger partial charge on any atom is 0.169 e. The van der Waals surface area contributed by atoms with Crippen molar-refractivity contribution in [2.24, 2.45) is 0 Å². The Labute approximate surface area is 92.1 Å². The number of hydrogen-bond donors (Lipinski definition) is 3. The fourth-order valence-corrected chi connectivity index (χ4v) is 1.40. The quantitative estimate of drug-likeness (QED) is 0.716. The molecule has 0 fully saturated rings. The number of rotatable bonds is 3. The SMILES string of the molecule is Nc1cc(-c2ccc(C(O)CO)cc2)on1. The molecule has 2 rings (SSSR count). The van der Waals surface area contributed by atoms with Crippen LogP contribution in [0.5, 0.6) is 0 Å². The molecule has 0 aliphatic carbocycles. The van der Waals surface area contributed by atoms with Gasteiger partial charge in [-0.15, -0.1) is 0 Å². The zero-order chi connectivity index (χ0) is 11.5. The number of benzene rings is 1. The smallest absolute Gasteiger partial charge is 0.169 e. The zero-order valence-electron chi connectivity index (χ0n) is 8.50. The van der Waals surface area contributed by atoms with Gasteiger partial charge in [-0.05, 0) is 5.56 Å². The van der Waals surface area contributed by atoms with Gasteiger partial charge in [0.2, 0.25) is 0 Å². The lowest BCUT2D eigenvalue weighted by atomic mass is 10.1. The molecule has 84 valence electrons. The number of hydrogen-bond acceptors (Lipinski definition) is 5. The lowest BCUT2D eigenvalue weighted by molar-refractivity contribution is 0.0956. The molecular weight excluding hydrogens is 208 g/mol. The summed E-state index contributed by atoms with van der Waals surface area (Å²) in [5.41, 5.74) is 6.91. The van der Waals surface area contributed by atoms with Gasteiger partial charge in [0, 0.05) is 11.6 Å². The average Bonchev–Trinajstić information content (AvgIpc) is 2.75. The van der Waals surface area contributed by atoms with E-state index in [2.05, 4.69) is 5.16 Å².